The molecule has 30 heavy (non-hydrogen) atoms. The Morgan fingerprint density at radius 2 is 1.77 bits per heavy atom. The van der Waals surface area contributed by atoms with Crippen LogP contribution in [0.5, 0.6) is 5.75 Å². The Bertz CT molecular complexity index is 703. The topological polar surface area (TPSA) is 83.1 Å². The van der Waals surface area contributed by atoms with Gasteiger partial charge in [-0.2, -0.15) is 8.78 Å². The highest BCUT2D eigenvalue weighted by Crippen LogP contribution is 2.28. The van der Waals surface area contributed by atoms with Gasteiger partial charge in [-0.05, 0) is 24.6 Å². The van der Waals surface area contributed by atoms with Crippen LogP contribution in [0.25, 0.3) is 0 Å². The molecular formula is C19H27ClF2N4O4. The minimum absolute atomic E-state index is 0.0118. The van der Waals surface area contributed by atoms with Gasteiger partial charge < -0.3 is 20.1 Å². The first-order valence-corrected chi connectivity index (χ1v) is 9.99. The van der Waals surface area contributed by atoms with Crippen LogP contribution in [-0.4, -0.2) is 87.8 Å². The van der Waals surface area contributed by atoms with Crippen molar-refractivity contribution in [3.63, 3.8) is 0 Å². The smallest absolute Gasteiger partial charge is 0.387 e. The number of hydrogen-bond acceptors (Lipinski definition) is 6. The van der Waals surface area contributed by atoms with E-state index in [1.165, 1.54) is 18.2 Å². The Morgan fingerprint density at radius 1 is 1.13 bits per heavy atom. The molecule has 1 saturated heterocycles. The number of methoxy groups -OCH3 is 1. The van der Waals surface area contributed by atoms with Gasteiger partial charge in [0.25, 0.3) is 0 Å². The number of nitrogens with zero attached hydrogens (tertiary/aromatic N) is 2. The lowest BCUT2D eigenvalue weighted by molar-refractivity contribution is -0.123. The third-order valence-corrected chi connectivity index (χ3v) is 4.77. The highest BCUT2D eigenvalue weighted by atomic mass is 35.5. The quantitative estimate of drug-likeness (QED) is 0.501. The standard InChI is InChI=1S/C19H27ClF2N4O4/c1-29-10-2-5-23-17(27)12-25-6-8-26(9-7-25)13-18(28)24-14-3-4-16(15(20)11-14)30-19(21)22/h3-4,11,19H,2,5-10,12-13H2,1H3,(H,23,27)(H,24,28). The number of alkyl halides is 2. The van der Waals surface area contributed by atoms with Crippen LogP contribution in [0.15, 0.2) is 18.2 Å². The van der Waals surface area contributed by atoms with Crippen LogP contribution in [-0.2, 0) is 14.3 Å². The molecule has 0 atom stereocenters. The fraction of sp³-hybridized carbons (Fsp3) is 0.579. The van der Waals surface area contributed by atoms with Gasteiger partial charge >= 0.3 is 6.61 Å². The molecule has 1 heterocycles. The molecule has 168 valence electrons. The van der Waals surface area contributed by atoms with Gasteiger partial charge in [0.1, 0.15) is 5.75 Å². The van der Waals surface area contributed by atoms with Gasteiger partial charge in [-0.25, -0.2) is 0 Å². The van der Waals surface area contributed by atoms with E-state index >= 15 is 0 Å². The van der Waals surface area contributed by atoms with E-state index in [-0.39, 0.29) is 29.1 Å². The van der Waals surface area contributed by atoms with Crippen LogP contribution in [0.4, 0.5) is 14.5 Å². The summed E-state index contributed by atoms with van der Waals surface area (Å²) in [6.45, 7) is 1.44. The number of halogens is 3. The normalized spacial score (nSPS) is 15.2. The Balaban J connectivity index is 1.69. The zero-order valence-corrected chi connectivity index (χ0v) is 17.6. The summed E-state index contributed by atoms with van der Waals surface area (Å²) in [5.74, 6) is -0.408. The highest BCUT2D eigenvalue weighted by molar-refractivity contribution is 6.32. The van der Waals surface area contributed by atoms with Crippen molar-refractivity contribution < 1.29 is 27.8 Å². The summed E-state index contributed by atoms with van der Waals surface area (Å²) in [4.78, 5) is 28.2. The molecule has 1 aromatic rings. The number of benzene rings is 1. The molecule has 0 bridgehead atoms. The number of hydrogen-bond donors (Lipinski definition) is 2. The molecule has 0 radical (unpaired) electrons. The summed E-state index contributed by atoms with van der Waals surface area (Å²) in [5, 5.41) is 5.53. The summed E-state index contributed by atoms with van der Waals surface area (Å²) >= 11 is 5.89. The van der Waals surface area contributed by atoms with Crippen molar-refractivity contribution in [2.45, 2.75) is 13.0 Å². The second-order valence-electron chi connectivity index (χ2n) is 6.82. The molecule has 0 unspecified atom stereocenters. The van der Waals surface area contributed by atoms with Crippen molar-refractivity contribution in [3.8, 4) is 5.75 Å². The van der Waals surface area contributed by atoms with E-state index in [1.807, 2.05) is 9.80 Å². The third kappa shape index (κ3) is 8.78. The first-order valence-electron chi connectivity index (χ1n) is 9.62. The predicted molar refractivity (Wildman–Crippen MR) is 109 cm³/mol. The maximum absolute atomic E-state index is 12.3. The molecule has 1 aliphatic rings. The molecule has 2 amide bonds. The number of piperazine rings is 1. The largest absolute Gasteiger partial charge is 0.433 e. The van der Waals surface area contributed by atoms with E-state index in [1.54, 1.807) is 7.11 Å². The van der Waals surface area contributed by atoms with Gasteiger partial charge in [-0.1, -0.05) is 11.6 Å². The second kappa shape index (κ2) is 12.6. The van der Waals surface area contributed by atoms with Crippen LogP contribution in [0.2, 0.25) is 5.02 Å². The van der Waals surface area contributed by atoms with E-state index in [4.69, 9.17) is 16.3 Å². The first-order chi connectivity index (χ1) is 14.4. The molecule has 1 fully saturated rings. The van der Waals surface area contributed by atoms with Crippen molar-refractivity contribution in [3.05, 3.63) is 23.2 Å². The van der Waals surface area contributed by atoms with Crippen LogP contribution in [0, 0.1) is 0 Å². The molecular weight excluding hydrogens is 422 g/mol. The summed E-state index contributed by atoms with van der Waals surface area (Å²) in [6.07, 6.45) is 0.776. The Hall–Kier alpha value is -2.01. The molecule has 0 spiro atoms. The molecule has 0 aliphatic carbocycles. The minimum atomic E-state index is -2.97. The summed E-state index contributed by atoms with van der Waals surface area (Å²) in [6, 6.07) is 4.09. The number of rotatable bonds is 11. The van der Waals surface area contributed by atoms with Crippen LogP contribution in [0.1, 0.15) is 6.42 Å². The van der Waals surface area contributed by atoms with E-state index in [2.05, 4.69) is 15.4 Å². The van der Waals surface area contributed by atoms with Gasteiger partial charge in [-0.15, -0.1) is 0 Å². The van der Waals surface area contributed by atoms with Crippen molar-refractivity contribution in [1.29, 1.82) is 0 Å². The van der Waals surface area contributed by atoms with Crippen LogP contribution >= 0.6 is 11.6 Å². The van der Waals surface area contributed by atoms with Crippen LogP contribution < -0.4 is 15.4 Å². The maximum Gasteiger partial charge on any atom is 0.387 e. The van der Waals surface area contributed by atoms with Gasteiger partial charge in [0, 0.05) is 52.1 Å². The van der Waals surface area contributed by atoms with Crippen molar-refractivity contribution in [1.82, 2.24) is 15.1 Å². The molecule has 0 saturated carbocycles. The first kappa shape index (κ1) is 24.3. The second-order valence-corrected chi connectivity index (χ2v) is 7.23. The number of ether oxygens (including phenoxy) is 2. The van der Waals surface area contributed by atoms with Gasteiger partial charge in [0.15, 0.2) is 0 Å². The number of amides is 2. The molecule has 2 N–H and O–H groups in total. The predicted octanol–water partition coefficient (Wildman–Crippen LogP) is 1.65. The van der Waals surface area contributed by atoms with Gasteiger partial charge in [0.05, 0.1) is 18.1 Å². The summed E-state index contributed by atoms with van der Waals surface area (Å²) in [7, 11) is 1.62. The molecule has 1 aliphatic heterocycles. The molecule has 1 aromatic carbocycles. The summed E-state index contributed by atoms with van der Waals surface area (Å²) in [5.41, 5.74) is 0.399. The fourth-order valence-corrected chi connectivity index (χ4v) is 3.21. The van der Waals surface area contributed by atoms with Crippen molar-refractivity contribution >= 4 is 29.1 Å². The molecule has 11 heteroatoms. The highest BCUT2D eigenvalue weighted by Gasteiger charge is 2.20. The number of anilines is 1. The van der Waals surface area contributed by atoms with E-state index in [9.17, 15) is 18.4 Å². The average molecular weight is 449 g/mol. The molecule has 8 nitrogen and oxygen atoms in total. The molecule has 2 rings (SSSR count). The minimum Gasteiger partial charge on any atom is -0.433 e. The van der Waals surface area contributed by atoms with Crippen molar-refractivity contribution in [2.75, 3.05) is 64.8 Å². The lowest BCUT2D eigenvalue weighted by atomic mass is 10.2. The number of carbonyl (C=O) groups excluding carboxylic acids is 2. The molecule has 0 aromatic heterocycles. The number of carbonyl (C=O) groups is 2. The Kier molecular flexibility index (Phi) is 10.2. The maximum atomic E-state index is 12.3. The van der Waals surface area contributed by atoms with E-state index in [0.29, 0.717) is 51.6 Å². The van der Waals surface area contributed by atoms with Crippen LogP contribution in [0.3, 0.4) is 0 Å². The fourth-order valence-electron chi connectivity index (χ4n) is 2.98. The van der Waals surface area contributed by atoms with E-state index < -0.39 is 6.61 Å². The number of nitrogens with one attached hydrogen (secondary N) is 2. The summed E-state index contributed by atoms with van der Waals surface area (Å²) < 4.78 is 33.7. The Morgan fingerprint density at radius 3 is 2.33 bits per heavy atom. The lowest BCUT2D eigenvalue weighted by Crippen LogP contribution is -2.51. The zero-order chi connectivity index (χ0) is 21.9. The average Bonchev–Trinajstić information content (AvgIpc) is 2.68. The van der Waals surface area contributed by atoms with E-state index in [0.717, 1.165) is 6.42 Å². The monoisotopic (exact) mass is 448 g/mol. The SMILES string of the molecule is COCCCNC(=O)CN1CCN(CC(=O)Nc2ccc(OC(F)F)c(Cl)c2)CC1. The van der Waals surface area contributed by atoms with Gasteiger partial charge in [-0.3, -0.25) is 19.4 Å². The zero-order valence-electron chi connectivity index (χ0n) is 16.8. The van der Waals surface area contributed by atoms with Gasteiger partial charge in [0.2, 0.25) is 11.8 Å². The van der Waals surface area contributed by atoms with Crippen molar-refractivity contribution in [2.24, 2.45) is 0 Å². The Labute approximate surface area is 179 Å². The lowest BCUT2D eigenvalue weighted by Gasteiger charge is -2.33. The third-order valence-electron chi connectivity index (χ3n) is 4.48.